The number of Topliss-reactive ketones (excluding diaryl/α,β-unsaturated/α-hetero) is 1. The maximum Gasteiger partial charge on any atom is 0.303 e. The summed E-state index contributed by atoms with van der Waals surface area (Å²) in [6.07, 6.45) is 1.75. The number of carbonyl (C=O) groups is 3. The number of ketones is 1. The van der Waals surface area contributed by atoms with Gasteiger partial charge in [0.05, 0.1) is 18.2 Å². The highest BCUT2D eigenvalue weighted by molar-refractivity contribution is 5.87. The van der Waals surface area contributed by atoms with E-state index in [0.717, 1.165) is 0 Å². The number of hydrogen-bond donors (Lipinski definition) is 2. The van der Waals surface area contributed by atoms with Crippen LogP contribution in [0, 0.1) is 5.92 Å². The molecule has 0 aliphatic heterocycles. The summed E-state index contributed by atoms with van der Waals surface area (Å²) in [4.78, 5) is 33.7. The first kappa shape index (κ1) is 16.8. The normalized spacial score (nSPS) is 12.2. The second kappa shape index (κ2) is 7.51. The molecule has 0 bridgehead atoms. The van der Waals surface area contributed by atoms with Crippen LogP contribution in [0.1, 0.15) is 32.9 Å². The predicted octanol–water partition coefficient (Wildman–Crippen LogP) is 0.0251. The number of amides is 1. The maximum atomic E-state index is 11.9. The fourth-order valence-electron chi connectivity index (χ4n) is 1.87. The summed E-state index contributed by atoms with van der Waals surface area (Å²) in [7, 11) is 0. The van der Waals surface area contributed by atoms with E-state index in [2.05, 4.69) is 15.6 Å². The summed E-state index contributed by atoms with van der Waals surface area (Å²) >= 11 is 0. The van der Waals surface area contributed by atoms with Crippen molar-refractivity contribution in [1.29, 1.82) is 0 Å². The molecular weight excluding hydrogens is 276 g/mol. The zero-order chi connectivity index (χ0) is 16.0. The molecule has 8 nitrogen and oxygen atoms in total. The second-order valence-corrected chi connectivity index (χ2v) is 5.20. The van der Waals surface area contributed by atoms with Crippen LogP contribution in [0.15, 0.2) is 6.20 Å². The van der Waals surface area contributed by atoms with Crippen molar-refractivity contribution < 1.29 is 19.5 Å². The molecule has 2 N–H and O–H groups in total. The Labute approximate surface area is 122 Å². The summed E-state index contributed by atoms with van der Waals surface area (Å²) in [6, 6.07) is -0.521. The number of aryl methyl sites for hydroxylation is 1. The third kappa shape index (κ3) is 5.72. The minimum absolute atomic E-state index is 0.00771. The number of rotatable bonds is 8. The highest BCUT2D eigenvalue weighted by Gasteiger charge is 2.20. The van der Waals surface area contributed by atoms with Crippen molar-refractivity contribution in [1.82, 2.24) is 20.3 Å². The fourth-order valence-corrected chi connectivity index (χ4v) is 1.87. The molecule has 1 aromatic heterocycles. The van der Waals surface area contributed by atoms with Gasteiger partial charge in [0, 0.05) is 12.6 Å². The van der Waals surface area contributed by atoms with Crippen molar-refractivity contribution in [3.05, 3.63) is 11.9 Å². The molecule has 1 atom stereocenters. The van der Waals surface area contributed by atoms with E-state index in [1.165, 1.54) is 17.8 Å². The Bertz CT molecular complexity index is 524. The van der Waals surface area contributed by atoms with E-state index in [1.807, 2.05) is 13.8 Å². The standard InChI is InChI=1S/C13H20N4O4/c1-8(2)13(9(3)18)14-11(19)7-17-6-10(15-16-17)4-5-12(20)21/h6,8,13H,4-5,7H2,1-3H3,(H,14,19)(H,20,21). The van der Waals surface area contributed by atoms with Crippen LogP contribution in [0.25, 0.3) is 0 Å². The van der Waals surface area contributed by atoms with E-state index < -0.39 is 12.0 Å². The number of aromatic nitrogens is 3. The van der Waals surface area contributed by atoms with Crippen LogP contribution in [0.2, 0.25) is 0 Å². The molecule has 0 spiro atoms. The highest BCUT2D eigenvalue weighted by Crippen LogP contribution is 2.03. The molecule has 1 heterocycles. The van der Waals surface area contributed by atoms with Gasteiger partial charge in [-0.15, -0.1) is 5.10 Å². The molecule has 0 saturated heterocycles. The number of hydrogen-bond acceptors (Lipinski definition) is 5. The monoisotopic (exact) mass is 296 g/mol. The van der Waals surface area contributed by atoms with Crippen molar-refractivity contribution in [2.45, 2.75) is 46.2 Å². The van der Waals surface area contributed by atoms with Gasteiger partial charge in [-0.2, -0.15) is 0 Å². The molecule has 1 rings (SSSR count). The van der Waals surface area contributed by atoms with Crippen molar-refractivity contribution in [2.24, 2.45) is 5.92 Å². The van der Waals surface area contributed by atoms with Crippen molar-refractivity contribution in [3.63, 3.8) is 0 Å². The van der Waals surface area contributed by atoms with Crippen LogP contribution in [0.3, 0.4) is 0 Å². The smallest absolute Gasteiger partial charge is 0.303 e. The molecule has 21 heavy (non-hydrogen) atoms. The topological polar surface area (TPSA) is 114 Å². The molecule has 1 aromatic rings. The zero-order valence-electron chi connectivity index (χ0n) is 12.4. The number of nitrogens with zero attached hydrogens (tertiary/aromatic N) is 3. The number of carbonyl (C=O) groups excluding carboxylic acids is 2. The van der Waals surface area contributed by atoms with E-state index in [0.29, 0.717) is 5.69 Å². The van der Waals surface area contributed by atoms with Crippen LogP contribution in [-0.4, -0.2) is 43.8 Å². The van der Waals surface area contributed by atoms with Gasteiger partial charge in [-0.05, 0) is 12.8 Å². The lowest BCUT2D eigenvalue weighted by molar-refractivity contribution is -0.137. The van der Waals surface area contributed by atoms with E-state index in [-0.39, 0.29) is 37.0 Å². The number of carboxylic acids is 1. The summed E-state index contributed by atoms with van der Waals surface area (Å²) in [6.45, 7) is 5.08. The average Bonchev–Trinajstić information content (AvgIpc) is 2.80. The van der Waals surface area contributed by atoms with E-state index in [4.69, 9.17) is 5.11 Å². The van der Waals surface area contributed by atoms with Crippen LogP contribution >= 0.6 is 0 Å². The molecular formula is C13H20N4O4. The largest absolute Gasteiger partial charge is 0.481 e. The highest BCUT2D eigenvalue weighted by atomic mass is 16.4. The van der Waals surface area contributed by atoms with Gasteiger partial charge in [-0.25, -0.2) is 4.68 Å². The van der Waals surface area contributed by atoms with Crippen LogP contribution in [-0.2, 0) is 27.3 Å². The summed E-state index contributed by atoms with van der Waals surface area (Å²) in [5.41, 5.74) is 0.511. The molecule has 0 aliphatic rings. The molecule has 0 saturated carbocycles. The summed E-state index contributed by atoms with van der Waals surface area (Å²) in [5.74, 6) is -1.34. The lowest BCUT2D eigenvalue weighted by Crippen LogP contribution is -2.44. The minimum Gasteiger partial charge on any atom is -0.481 e. The summed E-state index contributed by atoms with van der Waals surface area (Å²) in [5, 5.41) is 18.8. The molecule has 1 unspecified atom stereocenters. The van der Waals surface area contributed by atoms with Gasteiger partial charge in [0.1, 0.15) is 6.54 Å². The molecule has 1 amide bonds. The average molecular weight is 296 g/mol. The predicted molar refractivity (Wildman–Crippen MR) is 73.4 cm³/mol. The van der Waals surface area contributed by atoms with Crippen LogP contribution in [0.5, 0.6) is 0 Å². The van der Waals surface area contributed by atoms with Gasteiger partial charge in [0.2, 0.25) is 5.91 Å². The van der Waals surface area contributed by atoms with Gasteiger partial charge in [-0.3, -0.25) is 14.4 Å². The molecule has 0 radical (unpaired) electrons. The summed E-state index contributed by atoms with van der Waals surface area (Å²) < 4.78 is 1.32. The first-order chi connectivity index (χ1) is 9.79. The maximum absolute atomic E-state index is 11.9. The van der Waals surface area contributed by atoms with Crippen molar-refractivity contribution >= 4 is 17.7 Å². The molecule has 116 valence electrons. The van der Waals surface area contributed by atoms with Gasteiger partial charge < -0.3 is 10.4 Å². The lowest BCUT2D eigenvalue weighted by Gasteiger charge is -2.19. The minimum atomic E-state index is -0.913. The fraction of sp³-hybridized carbons (Fsp3) is 0.615. The Morgan fingerprint density at radius 2 is 2.05 bits per heavy atom. The third-order valence-electron chi connectivity index (χ3n) is 2.91. The Morgan fingerprint density at radius 3 is 2.57 bits per heavy atom. The second-order valence-electron chi connectivity index (χ2n) is 5.20. The number of aliphatic carboxylic acids is 1. The Kier molecular flexibility index (Phi) is 6.01. The van der Waals surface area contributed by atoms with Crippen LogP contribution in [0.4, 0.5) is 0 Å². The SMILES string of the molecule is CC(=O)C(NC(=O)Cn1cc(CCC(=O)O)nn1)C(C)C. The lowest BCUT2D eigenvalue weighted by atomic mass is 10.0. The molecule has 8 heteroatoms. The van der Waals surface area contributed by atoms with E-state index in [1.54, 1.807) is 0 Å². The van der Waals surface area contributed by atoms with E-state index in [9.17, 15) is 14.4 Å². The molecule has 0 fully saturated rings. The molecule has 0 aliphatic carbocycles. The van der Waals surface area contributed by atoms with Gasteiger partial charge in [-0.1, -0.05) is 19.1 Å². The van der Waals surface area contributed by atoms with Crippen molar-refractivity contribution in [3.8, 4) is 0 Å². The Balaban J connectivity index is 2.55. The van der Waals surface area contributed by atoms with Gasteiger partial charge in [0.25, 0.3) is 0 Å². The quantitative estimate of drug-likeness (QED) is 0.699. The third-order valence-corrected chi connectivity index (χ3v) is 2.91. The zero-order valence-corrected chi connectivity index (χ0v) is 12.4. The van der Waals surface area contributed by atoms with Crippen LogP contribution < -0.4 is 5.32 Å². The van der Waals surface area contributed by atoms with Crippen molar-refractivity contribution in [2.75, 3.05) is 0 Å². The first-order valence-electron chi connectivity index (χ1n) is 6.70. The Morgan fingerprint density at radius 1 is 1.38 bits per heavy atom. The first-order valence-corrected chi connectivity index (χ1v) is 6.70. The number of carboxylic acid groups (broad SMARTS) is 1. The van der Waals surface area contributed by atoms with E-state index >= 15 is 0 Å². The molecule has 0 aromatic carbocycles. The Hall–Kier alpha value is -2.25. The van der Waals surface area contributed by atoms with Gasteiger partial charge in [0.15, 0.2) is 5.78 Å². The van der Waals surface area contributed by atoms with Gasteiger partial charge >= 0.3 is 5.97 Å². The number of nitrogens with one attached hydrogen (secondary N) is 1.